The summed E-state index contributed by atoms with van der Waals surface area (Å²) in [5.74, 6) is -1.07. The van der Waals surface area contributed by atoms with E-state index in [0.717, 1.165) is 21.0 Å². The lowest BCUT2D eigenvalue weighted by molar-refractivity contribution is -0.115. The van der Waals surface area contributed by atoms with Gasteiger partial charge in [-0.3, -0.25) is 14.4 Å². The maximum atomic E-state index is 13.3. The minimum absolute atomic E-state index is 0.0582. The molecule has 1 heterocycles. The van der Waals surface area contributed by atoms with Crippen LogP contribution in [-0.2, 0) is 9.59 Å². The Morgan fingerprint density at radius 1 is 0.870 bits per heavy atom. The van der Waals surface area contributed by atoms with Gasteiger partial charge in [-0.05, 0) is 80.9 Å². The van der Waals surface area contributed by atoms with E-state index in [4.69, 9.17) is 11.6 Å². The van der Waals surface area contributed by atoms with Crippen LogP contribution >= 0.6 is 34.7 Å². The smallest absolute Gasteiger partial charge is 0.272 e. The summed E-state index contributed by atoms with van der Waals surface area (Å²) in [7, 11) is 0. The van der Waals surface area contributed by atoms with E-state index in [2.05, 4.69) is 20.9 Å². The maximum Gasteiger partial charge on any atom is 0.272 e. The molecule has 3 N–H and O–H groups in total. The van der Waals surface area contributed by atoms with Gasteiger partial charge < -0.3 is 16.0 Å². The van der Waals surface area contributed by atoms with Crippen molar-refractivity contribution >= 4 is 69.3 Å². The van der Waals surface area contributed by atoms with Crippen LogP contribution in [0.2, 0.25) is 5.02 Å². The van der Waals surface area contributed by atoms with E-state index < -0.39 is 17.1 Å². The van der Waals surface area contributed by atoms with Crippen LogP contribution in [-0.4, -0.2) is 28.0 Å². The quantitative estimate of drug-likeness (QED) is 0.102. The first-order valence-electron chi connectivity index (χ1n) is 14.4. The first-order valence-corrected chi connectivity index (χ1v) is 16.5. The Balaban J connectivity index is 1.22. The molecule has 10 heteroatoms. The lowest BCUT2D eigenvalue weighted by Gasteiger charge is -2.13. The number of nitrogens with zero attached hydrogens (tertiary/aromatic N) is 1. The fourth-order valence-electron chi connectivity index (χ4n) is 4.41. The highest BCUT2D eigenvalue weighted by Gasteiger charge is 2.19. The number of hydrogen-bond acceptors (Lipinski definition) is 6. The van der Waals surface area contributed by atoms with E-state index in [9.17, 15) is 14.4 Å². The molecule has 0 radical (unpaired) electrons. The molecule has 0 saturated heterocycles. The van der Waals surface area contributed by atoms with E-state index in [0.29, 0.717) is 27.0 Å². The molecule has 1 unspecified atom stereocenters. The Bertz CT molecular complexity index is 1890. The zero-order valence-corrected chi connectivity index (χ0v) is 27.7. The molecular formula is C36H31ClN4O3S2. The summed E-state index contributed by atoms with van der Waals surface area (Å²) in [5.41, 5.74) is 4.72. The summed E-state index contributed by atoms with van der Waals surface area (Å²) in [6, 6.07) is 30.9. The molecule has 0 aliphatic rings. The second-order valence-corrected chi connectivity index (χ2v) is 13.5. The van der Waals surface area contributed by atoms with E-state index in [1.54, 1.807) is 66.7 Å². The normalized spacial score (nSPS) is 11.9. The number of benzene rings is 4. The number of nitrogens with one attached hydrogen (secondary N) is 3. The minimum Gasteiger partial charge on any atom is -0.321 e. The molecule has 1 atom stereocenters. The van der Waals surface area contributed by atoms with Gasteiger partial charge in [0.05, 0.1) is 10.9 Å². The summed E-state index contributed by atoms with van der Waals surface area (Å²) in [6.07, 6.45) is 1.57. The van der Waals surface area contributed by atoms with Crippen molar-refractivity contribution < 1.29 is 14.4 Å². The van der Waals surface area contributed by atoms with Crippen LogP contribution in [0, 0.1) is 13.8 Å². The number of aromatic nitrogens is 1. The number of thioether (sulfide) groups is 1. The van der Waals surface area contributed by atoms with Crippen LogP contribution in [0.3, 0.4) is 0 Å². The van der Waals surface area contributed by atoms with Crippen molar-refractivity contribution in [2.45, 2.75) is 30.9 Å². The van der Waals surface area contributed by atoms with Gasteiger partial charge in [-0.1, -0.05) is 71.8 Å². The Labute approximate surface area is 281 Å². The van der Waals surface area contributed by atoms with Crippen LogP contribution in [0.1, 0.15) is 33.3 Å². The minimum atomic E-state index is -0.499. The molecule has 0 bridgehead atoms. The van der Waals surface area contributed by atoms with Crippen LogP contribution < -0.4 is 16.0 Å². The molecule has 5 rings (SSSR count). The molecule has 3 amide bonds. The highest BCUT2D eigenvalue weighted by atomic mass is 35.5. The van der Waals surface area contributed by atoms with Gasteiger partial charge >= 0.3 is 0 Å². The number of thiazole rings is 1. The SMILES string of the molecule is Cc1ccc(-c2nc(NC(=O)C(C)Sc3ccc(NC(=O)/C(=C/c4cccc(Cl)c4)NC(=O)c4ccccc4)cc3)sc2C)cc1. The number of aryl methyl sites for hydroxylation is 2. The predicted molar refractivity (Wildman–Crippen MR) is 189 cm³/mol. The van der Waals surface area contributed by atoms with Crippen LogP contribution in [0.5, 0.6) is 0 Å². The Hall–Kier alpha value is -4.70. The summed E-state index contributed by atoms with van der Waals surface area (Å²) in [4.78, 5) is 45.8. The fraction of sp³-hybridized carbons (Fsp3) is 0.111. The van der Waals surface area contributed by atoms with E-state index in [1.165, 1.54) is 28.7 Å². The lowest BCUT2D eigenvalue weighted by atomic mass is 10.1. The molecule has 7 nitrogen and oxygen atoms in total. The average molecular weight is 667 g/mol. The largest absolute Gasteiger partial charge is 0.321 e. The Morgan fingerprint density at radius 3 is 2.28 bits per heavy atom. The molecule has 0 aliphatic heterocycles. The van der Waals surface area contributed by atoms with Crippen molar-refractivity contribution in [1.82, 2.24) is 10.3 Å². The van der Waals surface area contributed by atoms with Gasteiger partial charge in [0.15, 0.2) is 5.13 Å². The number of carbonyl (C=O) groups excluding carboxylic acids is 3. The van der Waals surface area contributed by atoms with Gasteiger partial charge in [0.1, 0.15) is 5.70 Å². The average Bonchev–Trinajstić information content (AvgIpc) is 3.41. The van der Waals surface area contributed by atoms with Gasteiger partial charge in [-0.15, -0.1) is 23.1 Å². The monoisotopic (exact) mass is 666 g/mol. The van der Waals surface area contributed by atoms with E-state index in [1.807, 2.05) is 63.2 Å². The molecule has 4 aromatic carbocycles. The molecule has 1 aromatic heterocycles. The highest BCUT2D eigenvalue weighted by Crippen LogP contribution is 2.32. The highest BCUT2D eigenvalue weighted by molar-refractivity contribution is 8.00. The third-order valence-corrected chi connectivity index (χ3v) is 9.07. The van der Waals surface area contributed by atoms with Crippen molar-refractivity contribution in [2.24, 2.45) is 0 Å². The Kier molecular flexibility index (Phi) is 10.7. The number of amides is 3. The molecule has 46 heavy (non-hydrogen) atoms. The first kappa shape index (κ1) is 32.7. The number of rotatable bonds is 10. The summed E-state index contributed by atoms with van der Waals surface area (Å²) in [6.45, 7) is 5.87. The first-order chi connectivity index (χ1) is 22.1. The van der Waals surface area contributed by atoms with Gasteiger partial charge in [-0.25, -0.2) is 4.98 Å². The molecule has 0 fully saturated rings. The van der Waals surface area contributed by atoms with Gasteiger partial charge in [0, 0.05) is 31.6 Å². The predicted octanol–water partition coefficient (Wildman–Crippen LogP) is 8.61. The van der Waals surface area contributed by atoms with Crippen molar-refractivity contribution in [2.75, 3.05) is 10.6 Å². The molecular weight excluding hydrogens is 636 g/mol. The molecule has 0 aliphatic carbocycles. The molecule has 0 saturated carbocycles. The van der Waals surface area contributed by atoms with Gasteiger partial charge in [-0.2, -0.15) is 0 Å². The van der Waals surface area contributed by atoms with Crippen molar-refractivity contribution in [1.29, 1.82) is 0 Å². The number of halogens is 1. The van der Waals surface area contributed by atoms with E-state index in [-0.39, 0.29) is 11.6 Å². The standard InChI is InChI=1S/C36H31ClN4O3S2/c1-22-12-14-26(15-13-22)32-23(2)46-36(40-32)41-33(42)24(3)45-30-18-16-29(17-19-30)38-35(44)31(21-25-8-7-11-28(37)20-25)39-34(43)27-9-5-4-6-10-27/h4-21,24H,1-3H3,(H,38,44)(H,39,43)(H,40,41,42)/b31-21-. The van der Waals surface area contributed by atoms with Crippen molar-refractivity contribution in [3.63, 3.8) is 0 Å². The third-order valence-electron chi connectivity index (χ3n) is 6.83. The van der Waals surface area contributed by atoms with Crippen molar-refractivity contribution in [3.8, 4) is 11.3 Å². The third kappa shape index (κ3) is 8.72. The fourth-order valence-corrected chi connectivity index (χ4v) is 6.32. The van der Waals surface area contributed by atoms with Crippen LogP contribution in [0.15, 0.2) is 114 Å². The van der Waals surface area contributed by atoms with E-state index >= 15 is 0 Å². The number of anilines is 2. The second-order valence-electron chi connectivity index (χ2n) is 10.5. The van der Waals surface area contributed by atoms with Gasteiger partial charge in [0.25, 0.3) is 11.8 Å². The number of carbonyl (C=O) groups is 3. The summed E-state index contributed by atoms with van der Waals surface area (Å²) >= 11 is 8.98. The van der Waals surface area contributed by atoms with Crippen LogP contribution in [0.25, 0.3) is 17.3 Å². The zero-order chi connectivity index (χ0) is 32.6. The summed E-state index contributed by atoms with van der Waals surface area (Å²) in [5, 5.41) is 9.18. The number of hydrogen-bond donors (Lipinski definition) is 3. The van der Waals surface area contributed by atoms with Crippen molar-refractivity contribution in [3.05, 3.63) is 135 Å². The summed E-state index contributed by atoms with van der Waals surface area (Å²) < 4.78 is 0. The van der Waals surface area contributed by atoms with Gasteiger partial charge in [0.2, 0.25) is 5.91 Å². The zero-order valence-electron chi connectivity index (χ0n) is 25.3. The second kappa shape index (κ2) is 15.1. The van der Waals surface area contributed by atoms with Crippen LogP contribution in [0.4, 0.5) is 10.8 Å². The molecule has 0 spiro atoms. The Morgan fingerprint density at radius 2 is 1.59 bits per heavy atom. The topological polar surface area (TPSA) is 100 Å². The lowest BCUT2D eigenvalue weighted by Crippen LogP contribution is -2.30. The molecule has 5 aromatic rings. The molecule has 232 valence electrons. The maximum absolute atomic E-state index is 13.3.